The molecule has 2 aliphatic rings. The standard InChI is InChI=1S/C11H19F/c1-10(2,3)9-6-8-4-5-11(8,12)7-9/h8-9H,4-7H2,1-3H3. The van der Waals surface area contributed by atoms with E-state index in [1.165, 1.54) is 0 Å². The molecular formula is C11H19F. The Labute approximate surface area is 74.5 Å². The summed E-state index contributed by atoms with van der Waals surface area (Å²) in [7, 11) is 0. The van der Waals surface area contributed by atoms with Gasteiger partial charge < -0.3 is 0 Å². The van der Waals surface area contributed by atoms with Crippen molar-refractivity contribution in [1.82, 2.24) is 0 Å². The van der Waals surface area contributed by atoms with E-state index in [0.29, 0.717) is 17.3 Å². The van der Waals surface area contributed by atoms with E-state index in [-0.39, 0.29) is 0 Å². The van der Waals surface area contributed by atoms with Gasteiger partial charge in [-0.2, -0.15) is 0 Å². The molecule has 2 aliphatic carbocycles. The molecule has 12 heavy (non-hydrogen) atoms. The van der Waals surface area contributed by atoms with Crippen LogP contribution in [-0.2, 0) is 0 Å². The SMILES string of the molecule is CC(C)(C)C1CC2CCC2(F)C1. The van der Waals surface area contributed by atoms with E-state index in [0.717, 1.165) is 25.7 Å². The average Bonchev–Trinajstić information content (AvgIpc) is 2.11. The van der Waals surface area contributed by atoms with Crippen molar-refractivity contribution in [2.75, 3.05) is 0 Å². The zero-order chi connectivity index (χ0) is 8.98. The normalized spacial score (nSPS) is 47.0. The van der Waals surface area contributed by atoms with Gasteiger partial charge in [-0.05, 0) is 42.9 Å². The van der Waals surface area contributed by atoms with E-state index in [9.17, 15) is 4.39 Å². The van der Waals surface area contributed by atoms with Crippen LogP contribution in [0.2, 0.25) is 0 Å². The molecule has 0 amide bonds. The van der Waals surface area contributed by atoms with Crippen molar-refractivity contribution >= 4 is 0 Å². The molecule has 0 aromatic carbocycles. The summed E-state index contributed by atoms with van der Waals surface area (Å²) in [6.07, 6.45) is 3.95. The van der Waals surface area contributed by atoms with E-state index in [1.54, 1.807) is 0 Å². The average molecular weight is 170 g/mol. The first kappa shape index (κ1) is 8.52. The van der Waals surface area contributed by atoms with Crippen LogP contribution in [-0.4, -0.2) is 5.67 Å². The van der Waals surface area contributed by atoms with Crippen LogP contribution >= 0.6 is 0 Å². The second-order valence-electron chi connectivity index (χ2n) is 5.77. The van der Waals surface area contributed by atoms with Crippen LogP contribution in [0, 0.1) is 17.3 Å². The zero-order valence-electron chi connectivity index (χ0n) is 8.36. The topological polar surface area (TPSA) is 0 Å². The Kier molecular flexibility index (Phi) is 1.59. The van der Waals surface area contributed by atoms with Crippen molar-refractivity contribution in [1.29, 1.82) is 0 Å². The molecule has 70 valence electrons. The first-order valence-electron chi connectivity index (χ1n) is 5.11. The molecule has 0 nitrogen and oxygen atoms in total. The van der Waals surface area contributed by atoms with Crippen molar-refractivity contribution in [2.24, 2.45) is 17.3 Å². The third kappa shape index (κ3) is 1.09. The van der Waals surface area contributed by atoms with E-state index < -0.39 is 5.67 Å². The number of hydrogen-bond acceptors (Lipinski definition) is 0. The van der Waals surface area contributed by atoms with Gasteiger partial charge in [-0.15, -0.1) is 0 Å². The number of alkyl halides is 1. The Balaban J connectivity index is 2.07. The molecule has 0 aromatic heterocycles. The van der Waals surface area contributed by atoms with Gasteiger partial charge in [-0.25, -0.2) is 4.39 Å². The van der Waals surface area contributed by atoms with Crippen molar-refractivity contribution in [3.05, 3.63) is 0 Å². The highest BCUT2D eigenvalue weighted by Crippen LogP contribution is 2.58. The summed E-state index contributed by atoms with van der Waals surface area (Å²) in [5.74, 6) is 1.04. The fourth-order valence-corrected chi connectivity index (χ4v) is 2.76. The second kappa shape index (κ2) is 2.24. The Hall–Kier alpha value is -0.0700. The van der Waals surface area contributed by atoms with Crippen LogP contribution in [0.4, 0.5) is 4.39 Å². The Bertz CT molecular complexity index is 192. The van der Waals surface area contributed by atoms with Crippen LogP contribution in [0.5, 0.6) is 0 Å². The van der Waals surface area contributed by atoms with Gasteiger partial charge in [-0.1, -0.05) is 20.8 Å². The third-order valence-corrected chi connectivity index (χ3v) is 4.02. The third-order valence-electron chi connectivity index (χ3n) is 4.02. The van der Waals surface area contributed by atoms with Crippen LogP contribution in [0.15, 0.2) is 0 Å². The molecule has 0 heterocycles. The van der Waals surface area contributed by atoms with Crippen molar-refractivity contribution in [3.63, 3.8) is 0 Å². The minimum atomic E-state index is -0.738. The molecule has 3 atom stereocenters. The summed E-state index contributed by atoms with van der Waals surface area (Å²) in [5.41, 5.74) is -0.422. The van der Waals surface area contributed by atoms with Crippen molar-refractivity contribution in [3.8, 4) is 0 Å². The molecule has 0 saturated heterocycles. The van der Waals surface area contributed by atoms with E-state index in [4.69, 9.17) is 0 Å². The smallest absolute Gasteiger partial charge is 0.114 e. The molecule has 2 saturated carbocycles. The number of hydrogen-bond donors (Lipinski definition) is 0. The van der Waals surface area contributed by atoms with Gasteiger partial charge in [0, 0.05) is 0 Å². The summed E-state index contributed by atoms with van der Waals surface area (Å²) < 4.78 is 13.9. The highest BCUT2D eigenvalue weighted by molar-refractivity contribution is 5.05. The molecule has 0 aromatic rings. The predicted molar refractivity (Wildman–Crippen MR) is 48.7 cm³/mol. The lowest BCUT2D eigenvalue weighted by molar-refractivity contribution is 0.0111. The summed E-state index contributed by atoms with van der Waals surface area (Å²) >= 11 is 0. The molecule has 1 heteroatoms. The molecule has 0 bridgehead atoms. The van der Waals surface area contributed by atoms with Gasteiger partial charge in [0.15, 0.2) is 0 Å². The van der Waals surface area contributed by atoms with Crippen molar-refractivity contribution < 1.29 is 4.39 Å². The second-order valence-corrected chi connectivity index (χ2v) is 5.77. The molecule has 0 spiro atoms. The molecule has 3 unspecified atom stereocenters. The Morgan fingerprint density at radius 1 is 1.33 bits per heavy atom. The summed E-state index contributed by atoms with van der Waals surface area (Å²) in [5, 5.41) is 0. The van der Waals surface area contributed by atoms with E-state index in [2.05, 4.69) is 20.8 Å². The van der Waals surface area contributed by atoms with Crippen LogP contribution in [0.1, 0.15) is 46.5 Å². The van der Waals surface area contributed by atoms with E-state index in [1.807, 2.05) is 0 Å². The van der Waals surface area contributed by atoms with Gasteiger partial charge in [0.05, 0.1) is 0 Å². The summed E-state index contributed by atoms with van der Waals surface area (Å²) in [4.78, 5) is 0. The first-order chi connectivity index (χ1) is 5.42. The number of rotatable bonds is 0. The minimum Gasteiger partial charge on any atom is -0.244 e. The van der Waals surface area contributed by atoms with Crippen LogP contribution in [0.3, 0.4) is 0 Å². The monoisotopic (exact) mass is 170 g/mol. The molecule has 0 N–H and O–H groups in total. The Morgan fingerprint density at radius 2 is 2.00 bits per heavy atom. The van der Waals surface area contributed by atoms with Crippen LogP contribution in [0.25, 0.3) is 0 Å². The van der Waals surface area contributed by atoms with Crippen molar-refractivity contribution in [2.45, 2.75) is 52.1 Å². The summed E-state index contributed by atoms with van der Waals surface area (Å²) in [6, 6.07) is 0. The summed E-state index contributed by atoms with van der Waals surface area (Å²) in [6.45, 7) is 6.73. The minimum absolute atomic E-state index is 0.316. The van der Waals surface area contributed by atoms with Gasteiger partial charge in [0.2, 0.25) is 0 Å². The largest absolute Gasteiger partial charge is 0.244 e. The van der Waals surface area contributed by atoms with Gasteiger partial charge in [-0.3, -0.25) is 0 Å². The Morgan fingerprint density at radius 3 is 2.25 bits per heavy atom. The molecule has 2 rings (SSSR count). The highest BCUT2D eigenvalue weighted by Gasteiger charge is 2.55. The maximum Gasteiger partial charge on any atom is 0.114 e. The van der Waals surface area contributed by atoms with E-state index >= 15 is 0 Å². The maximum absolute atomic E-state index is 13.9. The fraction of sp³-hybridized carbons (Fsp3) is 1.00. The highest BCUT2D eigenvalue weighted by atomic mass is 19.1. The molecule has 0 radical (unpaired) electrons. The maximum atomic E-state index is 13.9. The fourth-order valence-electron chi connectivity index (χ4n) is 2.76. The first-order valence-corrected chi connectivity index (χ1v) is 5.11. The molecular weight excluding hydrogens is 151 g/mol. The van der Waals surface area contributed by atoms with Gasteiger partial charge in [0.1, 0.15) is 5.67 Å². The van der Waals surface area contributed by atoms with Gasteiger partial charge >= 0.3 is 0 Å². The zero-order valence-corrected chi connectivity index (χ0v) is 8.36. The van der Waals surface area contributed by atoms with Gasteiger partial charge in [0.25, 0.3) is 0 Å². The quantitative estimate of drug-likeness (QED) is 0.521. The van der Waals surface area contributed by atoms with Crippen LogP contribution < -0.4 is 0 Å². The number of fused-ring (bicyclic) bond motifs is 1. The lowest BCUT2D eigenvalue weighted by Crippen LogP contribution is -2.37. The predicted octanol–water partition coefficient (Wildman–Crippen LogP) is 3.56. The number of halogens is 1. The molecule has 2 fully saturated rings. The lowest BCUT2D eigenvalue weighted by atomic mass is 9.73. The molecule has 0 aliphatic heterocycles. The lowest BCUT2D eigenvalue weighted by Gasteiger charge is -2.37.